The summed E-state index contributed by atoms with van der Waals surface area (Å²) in [6.07, 6.45) is 4.12. The largest absolute Gasteiger partial charge is 0.354 e. The number of nitrogens with one attached hydrogen (secondary N) is 1. The van der Waals surface area contributed by atoms with Crippen LogP contribution in [-0.4, -0.2) is 22.0 Å². The standard InChI is InChI=1S/C13H12FN3O/c14-10-3-1-2-9(8-10)12-15-6-7-17(12)11-4-5-16-13(11)18/h1-3,6-8,11H,4-5H2,(H,16,18). The van der Waals surface area contributed by atoms with Gasteiger partial charge in [0.25, 0.3) is 0 Å². The third-order valence-corrected chi connectivity index (χ3v) is 3.11. The smallest absolute Gasteiger partial charge is 0.243 e. The Bertz CT molecular complexity index is 593. The zero-order valence-electron chi connectivity index (χ0n) is 9.64. The second kappa shape index (κ2) is 4.25. The molecule has 5 heteroatoms. The Labute approximate surface area is 103 Å². The van der Waals surface area contributed by atoms with Crippen LogP contribution >= 0.6 is 0 Å². The van der Waals surface area contributed by atoms with Crippen LogP contribution in [0.5, 0.6) is 0 Å². The number of halogens is 1. The summed E-state index contributed by atoms with van der Waals surface area (Å²) in [7, 11) is 0. The minimum absolute atomic E-state index is 0.00865. The molecule has 18 heavy (non-hydrogen) atoms. The minimum atomic E-state index is -0.307. The molecule has 0 saturated carbocycles. The summed E-state index contributed by atoms with van der Waals surface area (Å²) in [5.74, 6) is 0.306. The summed E-state index contributed by atoms with van der Waals surface area (Å²) < 4.78 is 15.0. The van der Waals surface area contributed by atoms with E-state index in [4.69, 9.17) is 0 Å². The zero-order chi connectivity index (χ0) is 12.5. The van der Waals surface area contributed by atoms with Crippen molar-refractivity contribution in [2.45, 2.75) is 12.5 Å². The van der Waals surface area contributed by atoms with Gasteiger partial charge in [0.2, 0.25) is 5.91 Å². The summed E-state index contributed by atoms with van der Waals surface area (Å²) in [6, 6.07) is 5.99. The van der Waals surface area contributed by atoms with E-state index < -0.39 is 0 Å². The van der Waals surface area contributed by atoms with Crippen molar-refractivity contribution in [1.29, 1.82) is 0 Å². The lowest BCUT2D eigenvalue weighted by molar-refractivity contribution is -0.121. The monoisotopic (exact) mass is 245 g/mol. The lowest BCUT2D eigenvalue weighted by atomic mass is 10.2. The molecule has 92 valence electrons. The third kappa shape index (κ3) is 1.77. The Morgan fingerprint density at radius 2 is 2.33 bits per heavy atom. The molecule has 1 saturated heterocycles. The molecule has 1 aliphatic heterocycles. The Hall–Kier alpha value is -2.17. The van der Waals surface area contributed by atoms with Gasteiger partial charge in [0, 0.05) is 24.5 Å². The van der Waals surface area contributed by atoms with Crippen LogP contribution in [0.3, 0.4) is 0 Å². The summed E-state index contributed by atoms with van der Waals surface area (Å²) in [5.41, 5.74) is 0.680. The average Bonchev–Trinajstić information content (AvgIpc) is 2.96. The second-order valence-electron chi connectivity index (χ2n) is 4.26. The van der Waals surface area contributed by atoms with Crippen molar-refractivity contribution < 1.29 is 9.18 Å². The molecule has 1 aromatic heterocycles. The number of imidazole rings is 1. The highest BCUT2D eigenvalue weighted by Crippen LogP contribution is 2.25. The second-order valence-corrected chi connectivity index (χ2v) is 4.26. The first-order valence-electron chi connectivity index (χ1n) is 5.82. The van der Waals surface area contributed by atoms with Crippen molar-refractivity contribution >= 4 is 5.91 Å². The number of carbonyl (C=O) groups excluding carboxylic acids is 1. The average molecular weight is 245 g/mol. The molecule has 2 aromatic rings. The number of hydrogen-bond acceptors (Lipinski definition) is 2. The number of benzene rings is 1. The highest BCUT2D eigenvalue weighted by molar-refractivity contribution is 5.83. The van der Waals surface area contributed by atoms with E-state index in [1.165, 1.54) is 12.1 Å². The number of rotatable bonds is 2. The van der Waals surface area contributed by atoms with Crippen molar-refractivity contribution in [3.05, 3.63) is 42.5 Å². The van der Waals surface area contributed by atoms with Crippen LogP contribution in [0.4, 0.5) is 4.39 Å². The minimum Gasteiger partial charge on any atom is -0.354 e. The molecule has 1 aliphatic rings. The molecule has 0 aliphatic carbocycles. The first-order chi connectivity index (χ1) is 8.75. The van der Waals surface area contributed by atoms with E-state index in [0.29, 0.717) is 17.9 Å². The van der Waals surface area contributed by atoms with E-state index in [9.17, 15) is 9.18 Å². The number of aromatic nitrogens is 2. The molecule has 1 unspecified atom stereocenters. The Morgan fingerprint density at radius 1 is 1.44 bits per heavy atom. The SMILES string of the molecule is O=C1NCCC1n1ccnc1-c1cccc(F)c1. The fraction of sp³-hybridized carbons (Fsp3) is 0.231. The maximum Gasteiger partial charge on any atom is 0.243 e. The molecule has 0 bridgehead atoms. The van der Waals surface area contributed by atoms with E-state index in [1.54, 1.807) is 29.1 Å². The first-order valence-corrected chi connectivity index (χ1v) is 5.82. The maximum atomic E-state index is 13.2. The maximum absolute atomic E-state index is 13.2. The molecule has 3 rings (SSSR count). The van der Waals surface area contributed by atoms with Gasteiger partial charge < -0.3 is 9.88 Å². The molecule has 4 nitrogen and oxygen atoms in total. The van der Waals surface area contributed by atoms with Gasteiger partial charge in [0.15, 0.2) is 0 Å². The van der Waals surface area contributed by atoms with Crippen LogP contribution in [0, 0.1) is 5.82 Å². The number of carbonyl (C=O) groups is 1. The van der Waals surface area contributed by atoms with Crippen LogP contribution in [0.15, 0.2) is 36.7 Å². The van der Waals surface area contributed by atoms with Crippen LogP contribution in [0.2, 0.25) is 0 Å². The molecule has 1 aromatic carbocycles. The van der Waals surface area contributed by atoms with Crippen molar-refractivity contribution in [2.75, 3.05) is 6.54 Å². The topological polar surface area (TPSA) is 46.9 Å². The lowest BCUT2D eigenvalue weighted by Gasteiger charge is -2.12. The molecular weight excluding hydrogens is 233 g/mol. The van der Waals surface area contributed by atoms with Gasteiger partial charge in [-0.2, -0.15) is 0 Å². The summed E-state index contributed by atoms with van der Waals surface area (Å²) in [4.78, 5) is 15.9. The van der Waals surface area contributed by atoms with Crippen LogP contribution in [0.1, 0.15) is 12.5 Å². The summed E-state index contributed by atoms with van der Waals surface area (Å²) >= 11 is 0. The third-order valence-electron chi connectivity index (χ3n) is 3.11. The van der Waals surface area contributed by atoms with Gasteiger partial charge in [-0.3, -0.25) is 4.79 Å². The molecular formula is C13H12FN3O. The van der Waals surface area contributed by atoms with E-state index >= 15 is 0 Å². The number of amides is 1. The van der Waals surface area contributed by atoms with E-state index in [2.05, 4.69) is 10.3 Å². The van der Waals surface area contributed by atoms with Crippen LogP contribution < -0.4 is 5.32 Å². The molecule has 0 spiro atoms. The summed E-state index contributed by atoms with van der Waals surface area (Å²) in [6.45, 7) is 0.671. The van der Waals surface area contributed by atoms with E-state index in [1.807, 2.05) is 0 Å². The number of nitrogens with zero attached hydrogens (tertiary/aromatic N) is 2. The fourth-order valence-corrected chi connectivity index (χ4v) is 2.26. The highest BCUT2D eigenvalue weighted by Gasteiger charge is 2.27. The highest BCUT2D eigenvalue weighted by atomic mass is 19.1. The quantitative estimate of drug-likeness (QED) is 0.876. The Balaban J connectivity index is 2.04. The fourth-order valence-electron chi connectivity index (χ4n) is 2.26. The van der Waals surface area contributed by atoms with E-state index in [0.717, 1.165) is 6.42 Å². The van der Waals surface area contributed by atoms with Gasteiger partial charge >= 0.3 is 0 Å². The van der Waals surface area contributed by atoms with E-state index in [-0.39, 0.29) is 17.8 Å². The molecule has 0 radical (unpaired) electrons. The van der Waals surface area contributed by atoms with Gasteiger partial charge in [-0.05, 0) is 18.6 Å². The van der Waals surface area contributed by atoms with Crippen molar-refractivity contribution in [1.82, 2.24) is 14.9 Å². The molecule has 1 N–H and O–H groups in total. The lowest BCUT2D eigenvalue weighted by Crippen LogP contribution is -2.21. The van der Waals surface area contributed by atoms with Crippen molar-refractivity contribution in [2.24, 2.45) is 0 Å². The Kier molecular flexibility index (Phi) is 2.59. The number of hydrogen-bond donors (Lipinski definition) is 1. The van der Waals surface area contributed by atoms with Gasteiger partial charge in [0.05, 0.1) is 0 Å². The van der Waals surface area contributed by atoms with Crippen LogP contribution in [0.25, 0.3) is 11.4 Å². The first kappa shape index (κ1) is 11.0. The van der Waals surface area contributed by atoms with Crippen molar-refractivity contribution in [3.8, 4) is 11.4 Å². The van der Waals surface area contributed by atoms with Gasteiger partial charge in [-0.15, -0.1) is 0 Å². The van der Waals surface area contributed by atoms with Crippen LogP contribution in [-0.2, 0) is 4.79 Å². The molecule has 1 amide bonds. The van der Waals surface area contributed by atoms with Gasteiger partial charge in [0.1, 0.15) is 17.7 Å². The molecule has 2 heterocycles. The predicted octanol–water partition coefficient (Wildman–Crippen LogP) is 1.75. The van der Waals surface area contributed by atoms with Gasteiger partial charge in [-0.25, -0.2) is 9.37 Å². The van der Waals surface area contributed by atoms with Crippen molar-refractivity contribution in [3.63, 3.8) is 0 Å². The zero-order valence-corrected chi connectivity index (χ0v) is 9.64. The molecule has 1 fully saturated rings. The Morgan fingerprint density at radius 3 is 3.06 bits per heavy atom. The summed E-state index contributed by atoms with van der Waals surface area (Å²) in [5, 5.41) is 2.79. The van der Waals surface area contributed by atoms with Gasteiger partial charge in [-0.1, -0.05) is 12.1 Å². The molecule has 1 atom stereocenters. The normalized spacial score (nSPS) is 18.9. The predicted molar refractivity (Wildman–Crippen MR) is 64.3 cm³/mol.